The van der Waals surface area contributed by atoms with E-state index in [-0.39, 0.29) is 36.2 Å². The molecule has 0 spiro atoms. The largest absolute Gasteiger partial charge is 0.478 e. The number of anilines is 1. The smallest absolute Gasteiger partial charge is 0.407 e. The molecule has 1 aliphatic carbocycles. The van der Waals surface area contributed by atoms with Crippen LogP contribution >= 0.6 is 15.9 Å². The fourth-order valence-corrected chi connectivity index (χ4v) is 4.80. The van der Waals surface area contributed by atoms with Crippen LogP contribution in [0.2, 0.25) is 0 Å². The van der Waals surface area contributed by atoms with E-state index in [2.05, 4.69) is 38.7 Å². The van der Waals surface area contributed by atoms with Gasteiger partial charge in [0.2, 0.25) is 5.91 Å². The van der Waals surface area contributed by atoms with Gasteiger partial charge in [0.1, 0.15) is 6.61 Å². The summed E-state index contributed by atoms with van der Waals surface area (Å²) in [5.41, 5.74) is 4.70. The number of aromatic carboxylic acids is 1. The van der Waals surface area contributed by atoms with Crippen molar-refractivity contribution in [1.29, 1.82) is 0 Å². The highest BCUT2D eigenvalue weighted by molar-refractivity contribution is 9.10. The Morgan fingerprint density at radius 2 is 1.60 bits per heavy atom. The molecule has 3 aromatic carbocycles. The monoisotopic (exact) mass is 536 g/mol. The van der Waals surface area contributed by atoms with Crippen LogP contribution in [0.4, 0.5) is 10.5 Å². The van der Waals surface area contributed by atoms with Crippen LogP contribution in [-0.4, -0.2) is 36.2 Å². The molecule has 0 heterocycles. The number of amides is 2. The van der Waals surface area contributed by atoms with Crippen molar-refractivity contribution < 1.29 is 24.2 Å². The maximum atomic E-state index is 12.8. The second kappa shape index (κ2) is 10.7. The highest BCUT2D eigenvalue weighted by atomic mass is 79.9. The number of ether oxygens (including phenoxy) is 1. The van der Waals surface area contributed by atoms with Crippen molar-refractivity contribution in [1.82, 2.24) is 5.32 Å². The number of rotatable bonds is 8. The number of hydrogen-bond donors (Lipinski definition) is 3. The molecule has 3 aromatic rings. The molecule has 0 aliphatic heterocycles. The summed E-state index contributed by atoms with van der Waals surface area (Å²) in [7, 11) is 0. The van der Waals surface area contributed by atoms with Crippen LogP contribution in [0.3, 0.4) is 0 Å². The lowest BCUT2D eigenvalue weighted by molar-refractivity contribution is -0.119. The molecule has 0 fully saturated rings. The molecule has 3 N–H and O–H groups in total. The van der Waals surface area contributed by atoms with E-state index >= 15 is 0 Å². The molecule has 0 saturated carbocycles. The maximum absolute atomic E-state index is 12.8. The van der Waals surface area contributed by atoms with Gasteiger partial charge >= 0.3 is 12.1 Å². The van der Waals surface area contributed by atoms with Gasteiger partial charge in [0.05, 0.1) is 17.2 Å². The van der Waals surface area contributed by atoms with Crippen molar-refractivity contribution in [3.63, 3.8) is 0 Å². The van der Waals surface area contributed by atoms with Crippen molar-refractivity contribution in [3.05, 3.63) is 87.9 Å². The first kappa shape index (κ1) is 24.5. The summed E-state index contributed by atoms with van der Waals surface area (Å²) in [6.07, 6.45) is -0.159. The number of halogens is 1. The molecule has 2 amide bonds. The number of carbonyl (C=O) groups excluding carboxylic acids is 2. The molecular weight excluding hydrogens is 512 g/mol. The van der Waals surface area contributed by atoms with Gasteiger partial charge < -0.3 is 20.5 Å². The summed E-state index contributed by atoms with van der Waals surface area (Å²) < 4.78 is 6.00. The molecule has 35 heavy (non-hydrogen) atoms. The van der Waals surface area contributed by atoms with Gasteiger partial charge in [-0.1, -0.05) is 61.5 Å². The van der Waals surface area contributed by atoms with E-state index in [1.807, 2.05) is 43.3 Å². The van der Waals surface area contributed by atoms with Gasteiger partial charge in [0, 0.05) is 16.9 Å². The Morgan fingerprint density at radius 1 is 0.971 bits per heavy atom. The van der Waals surface area contributed by atoms with Crippen LogP contribution in [0.15, 0.2) is 71.2 Å². The molecule has 8 heteroatoms. The SMILES string of the molecule is CCC(CNC(=O)OCC1c2ccccc2-c2ccccc21)C(=O)Nc1c(Br)cccc1C(=O)O. The third-order valence-corrected chi connectivity index (χ3v) is 6.85. The Balaban J connectivity index is 1.36. The molecule has 0 saturated heterocycles. The first-order valence-corrected chi connectivity index (χ1v) is 12.1. The van der Waals surface area contributed by atoms with Crippen molar-refractivity contribution >= 4 is 39.6 Å². The Bertz CT molecular complexity index is 1230. The van der Waals surface area contributed by atoms with Crippen LogP contribution < -0.4 is 10.6 Å². The van der Waals surface area contributed by atoms with E-state index in [9.17, 15) is 19.5 Å². The van der Waals surface area contributed by atoms with Gasteiger partial charge in [-0.15, -0.1) is 0 Å². The van der Waals surface area contributed by atoms with Crippen LogP contribution in [0.25, 0.3) is 11.1 Å². The minimum Gasteiger partial charge on any atom is -0.478 e. The van der Waals surface area contributed by atoms with Crippen LogP contribution in [0.5, 0.6) is 0 Å². The molecule has 0 radical (unpaired) electrons. The van der Waals surface area contributed by atoms with E-state index in [1.54, 1.807) is 12.1 Å². The van der Waals surface area contributed by atoms with E-state index < -0.39 is 18.0 Å². The number of hydrogen-bond acceptors (Lipinski definition) is 4. The first-order valence-electron chi connectivity index (χ1n) is 11.3. The summed E-state index contributed by atoms with van der Waals surface area (Å²) in [5, 5.41) is 14.7. The van der Waals surface area contributed by atoms with E-state index in [0.717, 1.165) is 22.3 Å². The Kier molecular flexibility index (Phi) is 7.51. The van der Waals surface area contributed by atoms with Gasteiger partial charge in [0.25, 0.3) is 0 Å². The quantitative estimate of drug-likeness (QED) is 0.345. The van der Waals surface area contributed by atoms with Gasteiger partial charge in [-0.3, -0.25) is 4.79 Å². The first-order chi connectivity index (χ1) is 16.9. The number of carboxylic acids is 1. The summed E-state index contributed by atoms with van der Waals surface area (Å²) in [5.74, 6) is -2.15. The van der Waals surface area contributed by atoms with E-state index in [4.69, 9.17) is 4.74 Å². The molecule has 0 aromatic heterocycles. The third kappa shape index (κ3) is 5.22. The van der Waals surface area contributed by atoms with Crippen LogP contribution in [0, 0.1) is 5.92 Å². The Hall–Kier alpha value is -3.65. The molecule has 1 atom stereocenters. The maximum Gasteiger partial charge on any atom is 0.407 e. The zero-order valence-corrected chi connectivity index (χ0v) is 20.7. The van der Waals surface area contributed by atoms with Gasteiger partial charge in [-0.05, 0) is 56.7 Å². The zero-order chi connectivity index (χ0) is 24.9. The molecule has 0 bridgehead atoms. The summed E-state index contributed by atoms with van der Waals surface area (Å²) in [6, 6.07) is 20.8. The van der Waals surface area contributed by atoms with Gasteiger partial charge in [-0.2, -0.15) is 0 Å². The summed E-state index contributed by atoms with van der Waals surface area (Å²) >= 11 is 3.29. The van der Waals surface area contributed by atoms with Crippen molar-refractivity contribution in [2.24, 2.45) is 5.92 Å². The number of nitrogens with one attached hydrogen (secondary N) is 2. The van der Waals surface area contributed by atoms with Crippen molar-refractivity contribution in [2.75, 3.05) is 18.5 Å². The number of carboxylic acid groups (broad SMARTS) is 1. The average molecular weight is 537 g/mol. The summed E-state index contributed by atoms with van der Waals surface area (Å²) in [6.45, 7) is 2.06. The van der Waals surface area contributed by atoms with Crippen LogP contribution in [-0.2, 0) is 9.53 Å². The zero-order valence-electron chi connectivity index (χ0n) is 19.1. The van der Waals surface area contributed by atoms with Crippen molar-refractivity contribution in [2.45, 2.75) is 19.3 Å². The van der Waals surface area contributed by atoms with Gasteiger partial charge in [-0.25, -0.2) is 9.59 Å². The third-order valence-electron chi connectivity index (χ3n) is 6.19. The lowest BCUT2D eigenvalue weighted by atomic mass is 9.98. The molecule has 4 rings (SSSR count). The molecule has 1 aliphatic rings. The summed E-state index contributed by atoms with van der Waals surface area (Å²) in [4.78, 5) is 36.8. The predicted molar refractivity (Wildman–Crippen MR) is 137 cm³/mol. The van der Waals surface area contributed by atoms with E-state index in [0.29, 0.717) is 10.9 Å². The highest BCUT2D eigenvalue weighted by Crippen LogP contribution is 2.44. The fourth-order valence-electron chi connectivity index (χ4n) is 4.33. The highest BCUT2D eigenvalue weighted by Gasteiger charge is 2.29. The second-order valence-electron chi connectivity index (χ2n) is 8.27. The Labute approximate surface area is 211 Å². The van der Waals surface area contributed by atoms with E-state index in [1.165, 1.54) is 6.07 Å². The van der Waals surface area contributed by atoms with Crippen LogP contribution in [0.1, 0.15) is 40.7 Å². The normalized spacial score (nSPS) is 12.9. The topological polar surface area (TPSA) is 105 Å². The molecular formula is C27H25BrN2O5. The molecule has 180 valence electrons. The predicted octanol–water partition coefficient (Wildman–Crippen LogP) is 5.65. The van der Waals surface area contributed by atoms with Gasteiger partial charge in [0.15, 0.2) is 0 Å². The Morgan fingerprint density at radius 3 is 2.20 bits per heavy atom. The fraction of sp³-hybridized carbons (Fsp3) is 0.222. The minimum atomic E-state index is -1.15. The van der Waals surface area contributed by atoms with Crippen molar-refractivity contribution in [3.8, 4) is 11.1 Å². The lowest BCUT2D eigenvalue weighted by Gasteiger charge is -2.18. The number of fused-ring (bicyclic) bond motifs is 3. The lowest BCUT2D eigenvalue weighted by Crippen LogP contribution is -2.36. The number of carbonyl (C=O) groups is 3. The second-order valence-corrected chi connectivity index (χ2v) is 9.12. The average Bonchev–Trinajstić information content (AvgIpc) is 3.18. The minimum absolute atomic E-state index is 0.0212. The number of benzene rings is 3. The molecule has 1 unspecified atom stereocenters. The number of para-hydroxylation sites is 1. The molecule has 7 nitrogen and oxygen atoms in total. The number of alkyl carbamates (subject to hydrolysis) is 1. The standard InChI is InChI=1S/C27H25BrN2O5/c1-2-16(25(31)30-24-21(26(32)33)12-7-13-23(24)28)14-29-27(34)35-15-22-19-10-5-3-8-17(19)18-9-4-6-11-20(18)22/h3-13,16,22H,2,14-15H2,1H3,(H,29,34)(H,30,31)(H,32,33).